The molecule has 3 aromatic rings. The fourth-order valence-corrected chi connectivity index (χ4v) is 3.31. The number of methoxy groups -OCH3 is 2. The minimum absolute atomic E-state index is 0.105. The van der Waals surface area contributed by atoms with Gasteiger partial charge in [0, 0.05) is 11.3 Å². The van der Waals surface area contributed by atoms with Crippen molar-refractivity contribution >= 4 is 23.2 Å². The summed E-state index contributed by atoms with van der Waals surface area (Å²) in [6.07, 6.45) is 0.674. The number of amides is 2. The fourth-order valence-electron chi connectivity index (χ4n) is 3.31. The third kappa shape index (κ3) is 5.42. The summed E-state index contributed by atoms with van der Waals surface area (Å²) in [4.78, 5) is 25.5. The van der Waals surface area contributed by atoms with Crippen LogP contribution in [0, 0.1) is 0 Å². The number of carbonyl (C=O) groups excluding carboxylic acids is 2. The molecule has 0 aliphatic carbocycles. The van der Waals surface area contributed by atoms with E-state index in [4.69, 9.17) is 9.47 Å². The summed E-state index contributed by atoms with van der Waals surface area (Å²) in [7, 11) is 3.10. The van der Waals surface area contributed by atoms with Crippen LogP contribution in [0.4, 0.5) is 11.4 Å². The van der Waals surface area contributed by atoms with E-state index in [1.54, 1.807) is 49.6 Å². The van der Waals surface area contributed by atoms with Gasteiger partial charge in [-0.15, -0.1) is 0 Å². The van der Waals surface area contributed by atoms with Crippen molar-refractivity contribution in [1.82, 2.24) is 0 Å². The number of hydrogen-bond acceptors (Lipinski definition) is 4. The Morgan fingerprint density at radius 3 is 2.19 bits per heavy atom. The lowest BCUT2D eigenvalue weighted by Crippen LogP contribution is -2.21. The standard InChI is InChI=1S/C25H26N2O4/c1-4-21(17-8-6-5-7-9-17)25(29)26-19-12-15-23(31-3)22(16-19)27-24(28)18-10-13-20(30-2)14-11-18/h5-16,21H,4H2,1-3H3,(H,26,29)(H,27,28). The molecule has 3 rings (SSSR count). The van der Waals surface area contributed by atoms with Gasteiger partial charge in [0.2, 0.25) is 5.91 Å². The van der Waals surface area contributed by atoms with Crippen molar-refractivity contribution in [2.75, 3.05) is 24.9 Å². The average Bonchev–Trinajstić information content (AvgIpc) is 2.80. The lowest BCUT2D eigenvalue weighted by Gasteiger charge is -2.17. The summed E-state index contributed by atoms with van der Waals surface area (Å²) >= 11 is 0. The minimum Gasteiger partial charge on any atom is -0.497 e. The monoisotopic (exact) mass is 418 g/mol. The molecule has 2 amide bonds. The van der Waals surface area contributed by atoms with Crippen LogP contribution in [-0.4, -0.2) is 26.0 Å². The molecule has 0 aromatic heterocycles. The van der Waals surface area contributed by atoms with Gasteiger partial charge in [-0.3, -0.25) is 9.59 Å². The van der Waals surface area contributed by atoms with Crippen molar-refractivity contribution in [3.63, 3.8) is 0 Å². The normalized spacial score (nSPS) is 11.3. The first-order chi connectivity index (χ1) is 15.0. The lowest BCUT2D eigenvalue weighted by molar-refractivity contribution is -0.117. The summed E-state index contributed by atoms with van der Waals surface area (Å²) in [5, 5.41) is 5.80. The van der Waals surface area contributed by atoms with Gasteiger partial charge >= 0.3 is 0 Å². The fraction of sp³-hybridized carbons (Fsp3) is 0.200. The van der Waals surface area contributed by atoms with Crippen LogP contribution < -0.4 is 20.1 Å². The highest BCUT2D eigenvalue weighted by molar-refractivity contribution is 6.05. The molecule has 160 valence electrons. The molecule has 2 N–H and O–H groups in total. The molecule has 0 bridgehead atoms. The number of ether oxygens (including phenoxy) is 2. The number of anilines is 2. The van der Waals surface area contributed by atoms with Crippen molar-refractivity contribution in [3.8, 4) is 11.5 Å². The molecule has 0 saturated carbocycles. The predicted octanol–water partition coefficient (Wildman–Crippen LogP) is 5.09. The summed E-state index contributed by atoms with van der Waals surface area (Å²) in [5.74, 6) is 0.504. The lowest BCUT2D eigenvalue weighted by atomic mass is 9.95. The van der Waals surface area contributed by atoms with E-state index < -0.39 is 0 Å². The summed E-state index contributed by atoms with van der Waals surface area (Å²) in [6, 6.07) is 21.6. The Morgan fingerprint density at radius 1 is 0.871 bits per heavy atom. The van der Waals surface area contributed by atoms with E-state index in [0.717, 1.165) is 5.56 Å². The SMILES string of the molecule is CCC(C(=O)Nc1ccc(OC)c(NC(=O)c2ccc(OC)cc2)c1)c1ccccc1. The van der Waals surface area contributed by atoms with Crippen LogP contribution in [0.15, 0.2) is 72.8 Å². The Kier molecular flexibility index (Phi) is 7.27. The van der Waals surface area contributed by atoms with Gasteiger partial charge in [0.15, 0.2) is 0 Å². The smallest absolute Gasteiger partial charge is 0.255 e. The summed E-state index contributed by atoms with van der Waals surface area (Å²) in [5.41, 5.74) is 2.48. The predicted molar refractivity (Wildman–Crippen MR) is 122 cm³/mol. The molecule has 1 unspecified atom stereocenters. The zero-order chi connectivity index (χ0) is 22.2. The molecule has 0 heterocycles. The maximum atomic E-state index is 12.9. The maximum Gasteiger partial charge on any atom is 0.255 e. The average molecular weight is 418 g/mol. The molecular formula is C25H26N2O4. The first kappa shape index (κ1) is 21.9. The van der Waals surface area contributed by atoms with Gasteiger partial charge in [0.1, 0.15) is 11.5 Å². The summed E-state index contributed by atoms with van der Waals surface area (Å²) in [6.45, 7) is 1.98. The highest BCUT2D eigenvalue weighted by atomic mass is 16.5. The Balaban J connectivity index is 1.78. The van der Waals surface area contributed by atoms with E-state index in [9.17, 15) is 9.59 Å². The Morgan fingerprint density at radius 2 is 1.58 bits per heavy atom. The van der Waals surface area contributed by atoms with Crippen LogP contribution >= 0.6 is 0 Å². The van der Waals surface area contributed by atoms with Gasteiger partial charge < -0.3 is 20.1 Å². The van der Waals surface area contributed by atoms with Crippen molar-refractivity contribution in [2.45, 2.75) is 19.3 Å². The quantitative estimate of drug-likeness (QED) is 0.534. The molecule has 0 aliphatic heterocycles. The van der Waals surface area contributed by atoms with E-state index >= 15 is 0 Å². The topological polar surface area (TPSA) is 76.7 Å². The zero-order valence-corrected chi connectivity index (χ0v) is 17.8. The summed E-state index contributed by atoms with van der Waals surface area (Å²) < 4.78 is 10.5. The second-order valence-corrected chi connectivity index (χ2v) is 6.96. The second-order valence-electron chi connectivity index (χ2n) is 6.96. The van der Waals surface area contributed by atoms with Gasteiger partial charge in [-0.25, -0.2) is 0 Å². The van der Waals surface area contributed by atoms with Crippen molar-refractivity contribution in [3.05, 3.63) is 83.9 Å². The van der Waals surface area contributed by atoms with Gasteiger partial charge in [0.05, 0.1) is 25.8 Å². The molecule has 3 aromatic carbocycles. The number of benzene rings is 3. The zero-order valence-electron chi connectivity index (χ0n) is 17.8. The van der Waals surface area contributed by atoms with E-state index in [1.165, 1.54) is 7.11 Å². The first-order valence-electron chi connectivity index (χ1n) is 10.0. The molecule has 1 atom stereocenters. The molecule has 6 heteroatoms. The van der Waals surface area contributed by atoms with E-state index in [1.807, 2.05) is 37.3 Å². The van der Waals surface area contributed by atoms with E-state index in [2.05, 4.69) is 10.6 Å². The van der Waals surface area contributed by atoms with Crippen LogP contribution in [0.1, 0.15) is 35.2 Å². The van der Waals surface area contributed by atoms with Crippen LogP contribution in [0.3, 0.4) is 0 Å². The van der Waals surface area contributed by atoms with Crippen molar-refractivity contribution < 1.29 is 19.1 Å². The number of hydrogen-bond donors (Lipinski definition) is 2. The van der Waals surface area contributed by atoms with Gasteiger partial charge in [-0.1, -0.05) is 37.3 Å². The Hall–Kier alpha value is -3.80. The van der Waals surface area contributed by atoms with Crippen molar-refractivity contribution in [2.24, 2.45) is 0 Å². The van der Waals surface area contributed by atoms with Crippen LogP contribution in [0.2, 0.25) is 0 Å². The number of carbonyl (C=O) groups is 2. The highest BCUT2D eigenvalue weighted by Crippen LogP contribution is 2.30. The Bertz CT molecular complexity index is 1030. The molecule has 0 radical (unpaired) electrons. The minimum atomic E-state index is -0.292. The Labute approximate surface area is 182 Å². The number of rotatable bonds is 8. The first-order valence-corrected chi connectivity index (χ1v) is 10.0. The molecule has 0 fully saturated rings. The van der Waals surface area contributed by atoms with Gasteiger partial charge in [0.25, 0.3) is 5.91 Å². The highest BCUT2D eigenvalue weighted by Gasteiger charge is 2.19. The van der Waals surface area contributed by atoms with Crippen LogP contribution in [0.5, 0.6) is 11.5 Å². The molecule has 6 nitrogen and oxygen atoms in total. The third-order valence-electron chi connectivity index (χ3n) is 4.99. The second kappa shape index (κ2) is 10.3. The van der Waals surface area contributed by atoms with Gasteiger partial charge in [-0.05, 0) is 54.4 Å². The molecular weight excluding hydrogens is 392 g/mol. The largest absolute Gasteiger partial charge is 0.497 e. The van der Waals surface area contributed by atoms with Crippen molar-refractivity contribution in [1.29, 1.82) is 0 Å². The maximum absolute atomic E-state index is 12.9. The van der Waals surface area contributed by atoms with Gasteiger partial charge in [-0.2, -0.15) is 0 Å². The van der Waals surface area contributed by atoms with Crippen LogP contribution in [-0.2, 0) is 4.79 Å². The molecule has 0 spiro atoms. The number of nitrogens with one attached hydrogen (secondary N) is 2. The van der Waals surface area contributed by atoms with Crippen LogP contribution in [0.25, 0.3) is 0 Å². The molecule has 31 heavy (non-hydrogen) atoms. The van der Waals surface area contributed by atoms with E-state index in [0.29, 0.717) is 34.9 Å². The molecule has 0 aliphatic rings. The molecule has 0 saturated heterocycles. The van der Waals surface area contributed by atoms with E-state index in [-0.39, 0.29) is 17.7 Å². The third-order valence-corrected chi connectivity index (χ3v) is 4.99.